The number of anilines is 4. The molecule has 3 aromatic carbocycles. The van der Waals surface area contributed by atoms with Crippen molar-refractivity contribution in [1.29, 1.82) is 0 Å². The van der Waals surface area contributed by atoms with Gasteiger partial charge in [-0.05, 0) is 48.5 Å². The summed E-state index contributed by atoms with van der Waals surface area (Å²) in [6, 6.07) is 20.4. The summed E-state index contributed by atoms with van der Waals surface area (Å²) >= 11 is 11.9. The van der Waals surface area contributed by atoms with Gasteiger partial charge >= 0.3 is 0 Å². The minimum Gasteiger partial charge on any atom is -0.382 e. The smallest absolute Gasteiger partial charge is 0.261 e. The van der Waals surface area contributed by atoms with Crippen LogP contribution in [0.25, 0.3) is 22.5 Å². The Labute approximate surface area is 226 Å². The van der Waals surface area contributed by atoms with E-state index in [0.717, 1.165) is 0 Å². The van der Waals surface area contributed by atoms with Gasteiger partial charge in [-0.1, -0.05) is 47.5 Å². The van der Waals surface area contributed by atoms with Gasteiger partial charge in [-0.15, -0.1) is 0 Å². The molecule has 5 aromatic rings. The molecule has 190 valence electrons. The van der Waals surface area contributed by atoms with E-state index in [1.807, 2.05) is 0 Å². The van der Waals surface area contributed by atoms with Crippen LogP contribution in [0.15, 0.2) is 72.8 Å². The summed E-state index contributed by atoms with van der Waals surface area (Å²) in [7, 11) is 0. The molecule has 0 saturated carbocycles. The summed E-state index contributed by atoms with van der Waals surface area (Å²) in [6.45, 7) is 0. The highest BCUT2D eigenvalue weighted by Crippen LogP contribution is 2.29. The molecule has 38 heavy (non-hydrogen) atoms. The Morgan fingerprint density at radius 3 is 1.29 bits per heavy atom. The first-order valence-electron chi connectivity index (χ1n) is 11.2. The highest BCUT2D eigenvalue weighted by Gasteiger charge is 2.22. The zero-order chi connectivity index (χ0) is 26.8. The summed E-state index contributed by atoms with van der Waals surface area (Å²) in [6.07, 6.45) is 0. The number of hydrogen-bond donors (Lipinski definition) is 6. The van der Waals surface area contributed by atoms with Crippen LogP contribution in [0, 0.1) is 0 Å². The zero-order valence-corrected chi connectivity index (χ0v) is 21.1. The van der Waals surface area contributed by atoms with Gasteiger partial charge in [0.2, 0.25) is 0 Å². The second-order valence-corrected chi connectivity index (χ2v) is 9.09. The van der Waals surface area contributed by atoms with Gasteiger partial charge in [-0.25, -0.2) is 0 Å². The Morgan fingerprint density at radius 2 is 0.947 bits per heavy atom. The monoisotopic (exact) mass is 546 g/mol. The molecule has 0 bridgehead atoms. The van der Waals surface area contributed by atoms with E-state index in [1.165, 1.54) is 0 Å². The van der Waals surface area contributed by atoms with Gasteiger partial charge in [0, 0.05) is 32.5 Å². The van der Waals surface area contributed by atoms with Crippen LogP contribution >= 0.6 is 23.2 Å². The number of H-pyrrole nitrogens is 2. The molecule has 0 aliphatic heterocycles. The van der Waals surface area contributed by atoms with E-state index < -0.39 is 11.8 Å². The van der Waals surface area contributed by atoms with Crippen molar-refractivity contribution in [3.63, 3.8) is 0 Å². The number of carbonyl (C=O) groups is 2. The molecule has 0 saturated heterocycles. The van der Waals surface area contributed by atoms with E-state index >= 15 is 0 Å². The summed E-state index contributed by atoms with van der Waals surface area (Å²) in [5, 5.41) is 20.3. The fraction of sp³-hybridized carbons (Fsp3) is 0. The molecule has 0 radical (unpaired) electrons. The molecule has 0 fully saturated rings. The van der Waals surface area contributed by atoms with Crippen molar-refractivity contribution in [2.45, 2.75) is 0 Å². The third kappa shape index (κ3) is 5.03. The third-order valence-corrected chi connectivity index (χ3v) is 6.21. The molecular weight excluding hydrogens is 527 g/mol. The van der Waals surface area contributed by atoms with Crippen molar-refractivity contribution in [3.8, 4) is 22.5 Å². The molecule has 0 unspecified atom stereocenters. The van der Waals surface area contributed by atoms with Crippen LogP contribution in [0.2, 0.25) is 10.0 Å². The summed E-state index contributed by atoms with van der Waals surface area (Å²) in [5.41, 5.74) is 15.7. The highest BCUT2D eigenvalue weighted by atomic mass is 35.5. The van der Waals surface area contributed by atoms with E-state index in [9.17, 15) is 9.59 Å². The lowest BCUT2D eigenvalue weighted by atomic mass is 10.1. The van der Waals surface area contributed by atoms with Crippen LogP contribution in [0.4, 0.5) is 23.0 Å². The van der Waals surface area contributed by atoms with Gasteiger partial charge in [-0.3, -0.25) is 19.8 Å². The first-order valence-corrected chi connectivity index (χ1v) is 12.0. The lowest BCUT2D eigenvalue weighted by molar-refractivity contribution is 0.101. The van der Waals surface area contributed by atoms with Crippen molar-refractivity contribution in [1.82, 2.24) is 20.4 Å². The molecule has 12 heteroatoms. The number of halogens is 2. The van der Waals surface area contributed by atoms with E-state index in [2.05, 4.69) is 31.0 Å². The van der Waals surface area contributed by atoms with Crippen LogP contribution in [0.3, 0.4) is 0 Å². The maximum absolute atomic E-state index is 13.0. The number of nitrogens with zero attached hydrogens (tertiary/aromatic N) is 2. The minimum absolute atomic E-state index is 0.0607. The standard InChI is InChI=1S/C26H20Cl2N8O2/c27-15-5-1-13(2-6-15)21-19(23(29)35-33-21)25(37)31-17-9-11-18(12-10-17)32-26(38)20-22(34-36-24(20)30)14-3-7-16(28)8-4-14/h1-12H,(H,31,37)(H,32,38)(H3,29,33,35)(H3,30,34,36). The minimum atomic E-state index is -0.447. The first-order chi connectivity index (χ1) is 18.3. The molecular formula is C26H20Cl2N8O2. The zero-order valence-electron chi connectivity index (χ0n) is 19.5. The Bertz CT molecular complexity index is 1500. The number of benzene rings is 3. The van der Waals surface area contributed by atoms with Gasteiger partial charge in [0.05, 0.1) is 11.4 Å². The molecule has 0 spiro atoms. The molecule has 2 amide bonds. The fourth-order valence-electron chi connectivity index (χ4n) is 3.85. The van der Waals surface area contributed by atoms with Crippen molar-refractivity contribution >= 4 is 58.0 Å². The average molecular weight is 547 g/mol. The number of rotatable bonds is 6. The van der Waals surface area contributed by atoms with Crippen LogP contribution < -0.4 is 22.1 Å². The van der Waals surface area contributed by atoms with Crippen molar-refractivity contribution < 1.29 is 9.59 Å². The second kappa shape index (κ2) is 10.3. The predicted octanol–water partition coefficient (Wildman–Crippen LogP) is 5.44. The number of hydrogen-bond acceptors (Lipinski definition) is 6. The largest absolute Gasteiger partial charge is 0.382 e. The van der Waals surface area contributed by atoms with E-state index in [4.69, 9.17) is 34.7 Å². The number of nitrogens with two attached hydrogens (primary N) is 2. The topological polar surface area (TPSA) is 168 Å². The fourth-order valence-corrected chi connectivity index (χ4v) is 4.10. The maximum Gasteiger partial charge on any atom is 0.261 e. The number of nitrogens with one attached hydrogen (secondary N) is 4. The Morgan fingerprint density at radius 1 is 0.605 bits per heavy atom. The maximum atomic E-state index is 13.0. The van der Waals surface area contributed by atoms with Crippen LogP contribution in [-0.2, 0) is 0 Å². The second-order valence-electron chi connectivity index (χ2n) is 8.22. The lowest BCUT2D eigenvalue weighted by Gasteiger charge is -2.10. The molecule has 10 nitrogen and oxygen atoms in total. The highest BCUT2D eigenvalue weighted by molar-refractivity contribution is 6.31. The number of aromatic nitrogens is 4. The number of nitrogen functional groups attached to an aromatic ring is 2. The van der Waals surface area contributed by atoms with Crippen molar-refractivity contribution in [2.24, 2.45) is 0 Å². The predicted molar refractivity (Wildman–Crippen MR) is 149 cm³/mol. The Kier molecular flexibility index (Phi) is 6.73. The molecule has 0 aliphatic rings. The van der Waals surface area contributed by atoms with Gasteiger partial charge < -0.3 is 22.1 Å². The average Bonchev–Trinajstić information content (AvgIpc) is 3.48. The van der Waals surface area contributed by atoms with Crippen LogP contribution in [0.5, 0.6) is 0 Å². The summed E-state index contributed by atoms with van der Waals surface area (Å²) in [5.74, 6) is -0.774. The number of aromatic amines is 2. The Balaban J connectivity index is 1.31. The normalized spacial score (nSPS) is 10.8. The van der Waals surface area contributed by atoms with Crippen LogP contribution in [0.1, 0.15) is 20.7 Å². The van der Waals surface area contributed by atoms with Crippen molar-refractivity contribution in [3.05, 3.63) is 94.0 Å². The molecule has 0 atom stereocenters. The molecule has 5 rings (SSSR count). The van der Waals surface area contributed by atoms with Gasteiger partial charge in [0.15, 0.2) is 11.6 Å². The number of amides is 2. The molecule has 2 aromatic heterocycles. The van der Waals surface area contributed by atoms with E-state index in [0.29, 0.717) is 43.9 Å². The van der Waals surface area contributed by atoms with Crippen LogP contribution in [-0.4, -0.2) is 32.2 Å². The molecule has 2 heterocycles. The first kappa shape index (κ1) is 24.9. The lowest BCUT2D eigenvalue weighted by Crippen LogP contribution is -2.15. The Hall–Kier alpha value is -4.80. The quantitative estimate of drug-likeness (QED) is 0.165. The SMILES string of the molecule is Nc1n[nH]c(-c2ccc(Cl)cc2)c1C(=O)Nc1ccc(NC(=O)c2c(N)n[nH]c2-c2ccc(Cl)cc2)cc1. The summed E-state index contributed by atoms with van der Waals surface area (Å²) in [4.78, 5) is 26.1. The summed E-state index contributed by atoms with van der Waals surface area (Å²) < 4.78 is 0. The molecule has 0 aliphatic carbocycles. The van der Waals surface area contributed by atoms with Gasteiger partial charge in [0.1, 0.15) is 11.1 Å². The third-order valence-electron chi connectivity index (χ3n) is 5.71. The van der Waals surface area contributed by atoms with E-state index in [1.54, 1.807) is 72.8 Å². The number of carbonyl (C=O) groups excluding carboxylic acids is 2. The van der Waals surface area contributed by atoms with Gasteiger partial charge in [-0.2, -0.15) is 10.2 Å². The van der Waals surface area contributed by atoms with E-state index in [-0.39, 0.29) is 22.8 Å². The van der Waals surface area contributed by atoms with Gasteiger partial charge in [0.25, 0.3) is 11.8 Å². The molecule has 8 N–H and O–H groups in total. The van der Waals surface area contributed by atoms with Crippen molar-refractivity contribution in [2.75, 3.05) is 22.1 Å².